The van der Waals surface area contributed by atoms with E-state index >= 15 is 0 Å². The van der Waals surface area contributed by atoms with E-state index < -0.39 is 0 Å². The van der Waals surface area contributed by atoms with Crippen LogP contribution >= 0.6 is 23.2 Å². The second kappa shape index (κ2) is 11.9. The summed E-state index contributed by atoms with van der Waals surface area (Å²) in [5, 5.41) is 1.13. The molecular weight excluding hydrogens is 483 g/mol. The molecule has 5 nitrogen and oxygen atoms in total. The first-order valence-electron chi connectivity index (χ1n) is 11.8. The zero-order valence-corrected chi connectivity index (χ0v) is 21.6. The van der Waals surface area contributed by atoms with Gasteiger partial charge >= 0.3 is 5.97 Å². The largest absolute Gasteiger partial charge is 0.473 e. The summed E-state index contributed by atoms with van der Waals surface area (Å²) in [6.45, 7) is 5.14. The van der Waals surface area contributed by atoms with Crippen LogP contribution in [-0.2, 0) is 22.7 Å². The van der Waals surface area contributed by atoms with Crippen LogP contribution in [-0.4, -0.2) is 36.1 Å². The van der Waals surface area contributed by atoms with Crippen molar-refractivity contribution >= 4 is 29.2 Å². The van der Waals surface area contributed by atoms with Gasteiger partial charge in [0.15, 0.2) is 0 Å². The molecule has 1 fully saturated rings. The molecule has 0 unspecified atom stereocenters. The molecule has 0 N–H and O–H groups in total. The summed E-state index contributed by atoms with van der Waals surface area (Å²) < 4.78 is 11.0. The van der Waals surface area contributed by atoms with Gasteiger partial charge in [-0.25, -0.2) is 4.98 Å². The van der Waals surface area contributed by atoms with Gasteiger partial charge in [0.1, 0.15) is 6.61 Å². The van der Waals surface area contributed by atoms with Crippen LogP contribution in [0.15, 0.2) is 54.6 Å². The molecule has 1 saturated heterocycles. The lowest BCUT2D eigenvalue weighted by Crippen LogP contribution is -2.34. The Labute approximate surface area is 217 Å². The fourth-order valence-electron chi connectivity index (χ4n) is 4.43. The Morgan fingerprint density at radius 1 is 1.06 bits per heavy atom. The van der Waals surface area contributed by atoms with E-state index in [-0.39, 0.29) is 5.97 Å². The first kappa shape index (κ1) is 25.5. The van der Waals surface area contributed by atoms with Crippen LogP contribution in [0.1, 0.15) is 36.0 Å². The van der Waals surface area contributed by atoms with Crippen molar-refractivity contribution in [2.45, 2.75) is 39.3 Å². The number of benzene rings is 2. The van der Waals surface area contributed by atoms with Crippen LogP contribution in [0, 0.1) is 12.8 Å². The minimum absolute atomic E-state index is 0.126. The number of ether oxygens (including phenoxy) is 2. The monoisotopic (exact) mass is 512 g/mol. The van der Waals surface area contributed by atoms with Crippen LogP contribution in [0.3, 0.4) is 0 Å². The molecule has 0 aliphatic carbocycles. The molecule has 4 rings (SSSR count). The van der Waals surface area contributed by atoms with Crippen LogP contribution in [0.5, 0.6) is 5.88 Å². The molecule has 2 aromatic carbocycles. The van der Waals surface area contributed by atoms with Crippen LogP contribution < -0.4 is 4.74 Å². The van der Waals surface area contributed by atoms with Gasteiger partial charge in [-0.15, -0.1) is 0 Å². The number of esters is 1. The van der Waals surface area contributed by atoms with Gasteiger partial charge in [0.2, 0.25) is 5.88 Å². The van der Waals surface area contributed by atoms with Crippen molar-refractivity contribution in [3.8, 4) is 17.1 Å². The SMILES string of the molecule is COC(=O)CC1CCN(Cc2cc(-c3cc(Cl)cc(Cl)c3)nc(OCc3ccccc3)c2C)CC1. The zero-order chi connectivity index (χ0) is 24.8. The minimum Gasteiger partial charge on any atom is -0.473 e. The Morgan fingerprint density at radius 2 is 1.74 bits per heavy atom. The van der Waals surface area contributed by atoms with Gasteiger partial charge in [0, 0.05) is 34.1 Å². The van der Waals surface area contributed by atoms with Crippen molar-refractivity contribution in [1.29, 1.82) is 0 Å². The number of likely N-dealkylation sites (tertiary alicyclic amines) is 1. The highest BCUT2D eigenvalue weighted by molar-refractivity contribution is 6.35. The maximum atomic E-state index is 11.6. The van der Waals surface area contributed by atoms with Gasteiger partial charge in [-0.2, -0.15) is 0 Å². The Balaban J connectivity index is 1.57. The van der Waals surface area contributed by atoms with Crippen LogP contribution in [0.4, 0.5) is 0 Å². The molecule has 1 aliphatic rings. The topological polar surface area (TPSA) is 51.7 Å². The summed E-state index contributed by atoms with van der Waals surface area (Å²) >= 11 is 12.6. The van der Waals surface area contributed by atoms with E-state index in [1.165, 1.54) is 7.11 Å². The fraction of sp³-hybridized carbons (Fsp3) is 0.357. The maximum absolute atomic E-state index is 11.6. The summed E-state index contributed by atoms with van der Waals surface area (Å²) in [4.78, 5) is 18.9. The number of hydrogen-bond acceptors (Lipinski definition) is 5. The van der Waals surface area contributed by atoms with Gasteiger partial charge < -0.3 is 9.47 Å². The summed E-state index contributed by atoms with van der Waals surface area (Å²) in [5.74, 6) is 0.864. The molecule has 2 heterocycles. The number of hydrogen-bond donors (Lipinski definition) is 0. The molecule has 0 spiro atoms. The quantitative estimate of drug-likeness (QED) is 0.313. The molecule has 0 saturated carbocycles. The third-order valence-corrected chi connectivity index (χ3v) is 6.93. The Kier molecular flexibility index (Phi) is 8.66. The normalized spacial score (nSPS) is 14.6. The summed E-state index contributed by atoms with van der Waals surface area (Å²) in [6, 6.07) is 17.6. The first-order valence-corrected chi connectivity index (χ1v) is 12.6. The van der Waals surface area contributed by atoms with E-state index in [2.05, 4.69) is 17.9 Å². The molecule has 0 atom stereocenters. The lowest BCUT2D eigenvalue weighted by molar-refractivity contribution is -0.142. The first-order chi connectivity index (χ1) is 16.9. The lowest BCUT2D eigenvalue weighted by atomic mass is 9.93. The van der Waals surface area contributed by atoms with Crippen molar-refractivity contribution in [2.75, 3.05) is 20.2 Å². The van der Waals surface area contributed by atoms with Gasteiger partial charge in [-0.1, -0.05) is 53.5 Å². The molecule has 35 heavy (non-hydrogen) atoms. The molecule has 0 bridgehead atoms. The number of aromatic nitrogens is 1. The Hall–Kier alpha value is -2.60. The van der Waals surface area contributed by atoms with E-state index in [0.717, 1.165) is 60.4 Å². The second-order valence-electron chi connectivity index (χ2n) is 9.03. The van der Waals surface area contributed by atoms with Crippen LogP contribution in [0.25, 0.3) is 11.3 Å². The number of nitrogens with zero attached hydrogens (tertiary/aromatic N) is 2. The summed E-state index contributed by atoms with van der Waals surface area (Å²) in [6.07, 6.45) is 2.45. The summed E-state index contributed by atoms with van der Waals surface area (Å²) in [5.41, 5.74) is 4.89. The lowest BCUT2D eigenvalue weighted by Gasteiger charge is -2.32. The van der Waals surface area contributed by atoms with E-state index in [0.29, 0.717) is 34.9 Å². The molecule has 1 aromatic heterocycles. The summed E-state index contributed by atoms with van der Waals surface area (Å²) in [7, 11) is 1.45. The van der Waals surface area contributed by atoms with Gasteiger partial charge in [-0.3, -0.25) is 9.69 Å². The van der Waals surface area contributed by atoms with Crippen molar-refractivity contribution in [3.63, 3.8) is 0 Å². The van der Waals surface area contributed by atoms with Crippen LogP contribution in [0.2, 0.25) is 10.0 Å². The van der Waals surface area contributed by atoms with Crippen molar-refractivity contribution < 1.29 is 14.3 Å². The maximum Gasteiger partial charge on any atom is 0.305 e. The fourth-order valence-corrected chi connectivity index (χ4v) is 4.95. The number of carbonyl (C=O) groups is 1. The van der Waals surface area contributed by atoms with E-state index in [9.17, 15) is 4.79 Å². The molecule has 0 amide bonds. The highest BCUT2D eigenvalue weighted by Crippen LogP contribution is 2.32. The Bertz CT molecular complexity index is 1140. The van der Waals surface area contributed by atoms with Crippen molar-refractivity contribution in [2.24, 2.45) is 5.92 Å². The number of piperidine rings is 1. The molecule has 1 aliphatic heterocycles. The smallest absolute Gasteiger partial charge is 0.305 e. The molecule has 184 valence electrons. The van der Waals surface area contributed by atoms with E-state index in [4.69, 9.17) is 37.7 Å². The highest BCUT2D eigenvalue weighted by atomic mass is 35.5. The standard InChI is InChI=1S/C28H30Cl2N2O3/c1-19-23(17-32-10-8-20(9-11-32)12-27(33)34-2)15-26(22-13-24(29)16-25(30)14-22)31-28(19)35-18-21-6-4-3-5-7-21/h3-7,13-16,20H,8-12,17-18H2,1-2H3. The molecular formula is C28H30Cl2N2O3. The van der Waals surface area contributed by atoms with Crippen molar-refractivity contribution in [3.05, 3.63) is 81.3 Å². The third-order valence-electron chi connectivity index (χ3n) is 6.50. The number of methoxy groups -OCH3 is 1. The van der Waals surface area contributed by atoms with Crippen molar-refractivity contribution in [1.82, 2.24) is 9.88 Å². The molecule has 0 radical (unpaired) electrons. The average molecular weight is 513 g/mol. The predicted molar refractivity (Wildman–Crippen MR) is 140 cm³/mol. The number of carbonyl (C=O) groups excluding carboxylic acids is 1. The van der Waals surface area contributed by atoms with Gasteiger partial charge in [-0.05, 0) is 74.2 Å². The highest BCUT2D eigenvalue weighted by Gasteiger charge is 2.23. The zero-order valence-electron chi connectivity index (χ0n) is 20.1. The van der Waals surface area contributed by atoms with E-state index in [1.54, 1.807) is 6.07 Å². The Morgan fingerprint density at radius 3 is 2.40 bits per heavy atom. The number of halogens is 2. The predicted octanol–water partition coefficient (Wildman–Crippen LogP) is 6.72. The minimum atomic E-state index is -0.126. The number of pyridine rings is 1. The second-order valence-corrected chi connectivity index (χ2v) is 9.90. The van der Waals surface area contributed by atoms with E-state index in [1.807, 2.05) is 42.5 Å². The molecule has 3 aromatic rings. The number of rotatable bonds is 8. The average Bonchev–Trinajstić information content (AvgIpc) is 2.85. The third kappa shape index (κ3) is 6.97. The molecule has 7 heteroatoms. The van der Waals surface area contributed by atoms with Gasteiger partial charge in [0.25, 0.3) is 0 Å². The van der Waals surface area contributed by atoms with Gasteiger partial charge in [0.05, 0.1) is 12.8 Å².